The van der Waals surface area contributed by atoms with Gasteiger partial charge in [0.15, 0.2) is 0 Å². The molecule has 1 atom stereocenters. The van der Waals surface area contributed by atoms with Crippen molar-refractivity contribution in [2.45, 2.75) is 32.2 Å². The van der Waals surface area contributed by atoms with Gasteiger partial charge in [-0.15, -0.1) is 0 Å². The molecule has 2 N–H and O–H groups in total. The average Bonchev–Trinajstić information content (AvgIpc) is 2.15. The van der Waals surface area contributed by atoms with Crippen molar-refractivity contribution >= 4 is 0 Å². The van der Waals surface area contributed by atoms with Gasteiger partial charge in [-0.05, 0) is 12.8 Å². The van der Waals surface area contributed by atoms with Gasteiger partial charge in [0.2, 0.25) is 0 Å². The fourth-order valence-corrected chi connectivity index (χ4v) is 1.77. The van der Waals surface area contributed by atoms with E-state index in [1.807, 2.05) is 0 Å². The summed E-state index contributed by atoms with van der Waals surface area (Å²) in [5.41, 5.74) is 5.72. The molecule has 0 spiro atoms. The van der Waals surface area contributed by atoms with Crippen LogP contribution in [-0.2, 0) is 0 Å². The van der Waals surface area contributed by atoms with E-state index in [0.717, 1.165) is 13.1 Å². The summed E-state index contributed by atoms with van der Waals surface area (Å²) in [7, 11) is 0. The van der Waals surface area contributed by atoms with Crippen LogP contribution in [0.25, 0.3) is 0 Å². The van der Waals surface area contributed by atoms with Gasteiger partial charge in [0, 0.05) is 25.7 Å². The van der Waals surface area contributed by atoms with Crippen molar-refractivity contribution in [1.82, 2.24) is 4.90 Å². The van der Waals surface area contributed by atoms with Crippen molar-refractivity contribution in [3.8, 4) is 0 Å². The van der Waals surface area contributed by atoms with Crippen molar-refractivity contribution in [2.24, 2.45) is 5.73 Å². The van der Waals surface area contributed by atoms with E-state index in [9.17, 15) is 0 Å². The van der Waals surface area contributed by atoms with E-state index < -0.39 is 0 Å². The molecule has 1 aliphatic rings. The summed E-state index contributed by atoms with van der Waals surface area (Å²) in [6, 6.07) is 0.611. The number of hydrogen-bond acceptors (Lipinski definition) is 2. The quantitative estimate of drug-likeness (QED) is 0.642. The van der Waals surface area contributed by atoms with Gasteiger partial charge in [-0.1, -0.05) is 25.5 Å². The predicted molar refractivity (Wildman–Crippen MR) is 53.1 cm³/mol. The second-order valence-corrected chi connectivity index (χ2v) is 3.43. The van der Waals surface area contributed by atoms with E-state index in [1.54, 1.807) is 0 Å². The van der Waals surface area contributed by atoms with Crippen LogP contribution in [0.2, 0.25) is 0 Å². The molecule has 2 nitrogen and oxygen atoms in total. The lowest BCUT2D eigenvalue weighted by atomic mass is 10.1. The fraction of sp³-hybridized carbons (Fsp3) is 0.800. The molecule has 12 heavy (non-hydrogen) atoms. The van der Waals surface area contributed by atoms with E-state index in [-0.39, 0.29) is 0 Å². The van der Waals surface area contributed by atoms with Gasteiger partial charge in [-0.25, -0.2) is 0 Å². The lowest BCUT2D eigenvalue weighted by Gasteiger charge is -2.31. The Morgan fingerprint density at radius 1 is 1.50 bits per heavy atom. The van der Waals surface area contributed by atoms with Crippen LogP contribution in [0.3, 0.4) is 0 Å². The van der Waals surface area contributed by atoms with E-state index in [0.29, 0.717) is 6.04 Å². The van der Waals surface area contributed by atoms with Crippen molar-refractivity contribution in [3.05, 3.63) is 12.2 Å². The molecule has 0 saturated carbocycles. The molecule has 2 heteroatoms. The first-order valence-corrected chi connectivity index (χ1v) is 4.97. The monoisotopic (exact) mass is 168 g/mol. The minimum atomic E-state index is 0.611. The second-order valence-electron chi connectivity index (χ2n) is 3.43. The average molecular weight is 168 g/mol. The van der Waals surface area contributed by atoms with Gasteiger partial charge >= 0.3 is 0 Å². The standard InChI is InChI=1S/C10H20N2/c1-2-6-10(9-11)12-7-4-3-5-8-12/h3-4,10H,2,5-9,11H2,1H3. The van der Waals surface area contributed by atoms with Crippen LogP contribution in [-0.4, -0.2) is 30.6 Å². The maximum atomic E-state index is 5.72. The van der Waals surface area contributed by atoms with Crippen molar-refractivity contribution in [2.75, 3.05) is 19.6 Å². The molecular weight excluding hydrogens is 148 g/mol. The van der Waals surface area contributed by atoms with Crippen molar-refractivity contribution in [3.63, 3.8) is 0 Å². The molecule has 70 valence electrons. The van der Waals surface area contributed by atoms with Crippen LogP contribution < -0.4 is 5.73 Å². The highest BCUT2D eigenvalue weighted by atomic mass is 15.2. The second kappa shape index (κ2) is 5.33. The van der Waals surface area contributed by atoms with Gasteiger partial charge in [0.25, 0.3) is 0 Å². The van der Waals surface area contributed by atoms with Crippen LogP contribution in [0.5, 0.6) is 0 Å². The lowest BCUT2D eigenvalue weighted by Crippen LogP contribution is -2.42. The molecule has 0 saturated heterocycles. The van der Waals surface area contributed by atoms with Crippen molar-refractivity contribution < 1.29 is 0 Å². The molecule has 1 unspecified atom stereocenters. The first-order chi connectivity index (χ1) is 5.88. The minimum absolute atomic E-state index is 0.611. The third-order valence-electron chi connectivity index (χ3n) is 2.50. The Kier molecular flexibility index (Phi) is 4.33. The zero-order valence-corrected chi connectivity index (χ0v) is 8.00. The van der Waals surface area contributed by atoms with Gasteiger partial charge in [-0.3, -0.25) is 4.90 Å². The Hall–Kier alpha value is -0.340. The SMILES string of the molecule is CCCC(CN)N1CC=CCC1. The molecule has 1 heterocycles. The Morgan fingerprint density at radius 2 is 2.33 bits per heavy atom. The zero-order valence-electron chi connectivity index (χ0n) is 8.00. The molecular formula is C10H20N2. The summed E-state index contributed by atoms with van der Waals surface area (Å²) in [6.45, 7) is 5.32. The Bertz CT molecular complexity index is 143. The Balaban J connectivity index is 2.36. The molecule has 0 radical (unpaired) electrons. The van der Waals surface area contributed by atoms with Crippen LogP contribution in [0.1, 0.15) is 26.2 Å². The molecule has 1 aliphatic heterocycles. The largest absolute Gasteiger partial charge is 0.329 e. The summed E-state index contributed by atoms with van der Waals surface area (Å²) in [6.07, 6.45) is 8.18. The molecule has 0 bridgehead atoms. The summed E-state index contributed by atoms with van der Waals surface area (Å²) >= 11 is 0. The van der Waals surface area contributed by atoms with Gasteiger partial charge in [-0.2, -0.15) is 0 Å². The Labute approximate surface area is 75.4 Å². The highest BCUT2D eigenvalue weighted by molar-refractivity contribution is 4.93. The summed E-state index contributed by atoms with van der Waals surface area (Å²) in [5, 5.41) is 0. The predicted octanol–water partition coefficient (Wildman–Crippen LogP) is 1.38. The van der Waals surface area contributed by atoms with Gasteiger partial charge in [0.1, 0.15) is 0 Å². The normalized spacial score (nSPS) is 21.2. The lowest BCUT2D eigenvalue weighted by molar-refractivity contribution is 0.207. The molecule has 0 aliphatic carbocycles. The molecule has 1 rings (SSSR count). The number of rotatable bonds is 4. The Morgan fingerprint density at radius 3 is 2.83 bits per heavy atom. The molecule has 0 aromatic heterocycles. The van der Waals surface area contributed by atoms with Crippen LogP contribution in [0.4, 0.5) is 0 Å². The van der Waals surface area contributed by atoms with Crippen LogP contribution in [0.15, 0.2) is 12.2 Å². The molecule has 0 fully saturated rings. The van der Waals surface area contributed by atoms with E-state index >= 15 is 0 Å². The first kappa shape index (κ1) is 9.75. The van der Waals surface area contributed by atoms with E-state index in [4.69, 9.17) is 5.73 Å². The maximum Gasteiger partial charge on any atom is 0.0221 e. The molecule has 0 aromatic carbocycles. The summed E-state index contributed by atoms with van der Waals surface area (Å²) in [5.74, 6) is 0. The highest BCUT2D eigenvalue weighted by Crippen LogP contribution is 2.10. The fourth-order valence-electron chi connectivity index (χ4n) is 1.77. The van der Waals surface area contributed by atoms with Gasteiger partial charge < -0.3 is 5.73 Å². The number of hydrogen-bond donors (Lipinski definition) is 1. The van der Waals surface area contributed by atoms with Crippen LogP contribution >= 0.6 is 0 Å². The smallest absolute Gasteiger partial charge is 0.0221 e. The minimum Gasteiger partial charge on any atom is -0.329 e. The molecule has 0 aromatic rings. The van der Waals surface area contributed by atoms with Crippen LogP contribution in [0, 0.1) is 0 Å². The zero-order chi connectivity index (χ0) is 8.81. The summed E-state index contributed by atoms with van der Waals surface area (Å²) in [4.78, 5) is 2.49. The number of nitrogens with two attached hydrogens (primary N) is 1. The topological polar surface area (TPSA) is 29.3 Å². The third-order valence-corrected chi connectivity index (χ3v) is 2.50. The third kappa shape index (κ3) is 2.61. The maximum absolute atomic E-state index is 5.72. The molecule has 0 amide bonds. The van der Waals surface area contributed by atoms with Gasteiger partial charge in [0.05, 0.1) is 0 Å². The number of nitrogens with zero attached hydrogens (tertiary/aromatic N) is 1. The van der Waals surface area contributed by atoms with E-state index in [2.05, 4.69) is 24.0 Å². The van der Waals surface area contributed by atoms with E-state index in [1.165, 1.54) is 25.8 Å². The van der Waals surface area contributed by atoms with Crippen molar-refractivity contribution in [1.29, 1.82) is 0 Å². The highest BCUT2D eigenvalue weighted by Gasteiger charge is 2.15. The summed E-state index contributed by atoms with van der Waals surface area (Å²) < 4.78 is 0. The first-order valence-electron chi connectivity index (χ1n) is 4.97.